The van der Waals surface area contributed by atoms with Gasteiger partial charge >= 0.3 is 5.69 Å². The zero-order chi connectivity index (χ0) is 20.4. The van der Waals surface area contributed by atoms with Crippen LogP contribution < -0.4 is 16.6 Å². The van der Waals surface area contributed by atoms with Gasteiger partial charge in [-0.3, -0.25) is 18.7 Å². The third-order valence-corrected chi connectivity index (χ3v) is 6.26. The first kappa shape index (κ1) is 19.3. The molecule has 0 saturated carbocycles. The second kappa shape index (κ2) is 8.14. The van der Waals surface area contributed by atoms with Crippen molar-refractivity contribution < 1.29 is 9.18 Å². The highest BCUT2D eigenvalue weighted by Gasteiger charge is 2.16. The molecule has 29 heavy (non-hydrogen) atoms. The lowest BCUT2D eigenvalue weighted by Gasteiger charge is -2.12. The number of halogens is 1. The number of thiophene rings is 2. The molecule has 0 saturated heterocycles. The minimum absolute atomic E-state index is 0.242. The number of aromatic nitrogens is 2. The van der Waals surface area contributed by atoms with Crippen LogP contribution in [0.2, 0.25) is 0 Å². The molecule has 0 spiro atoms. The third-order valence-electron chi connectivity index (χ3n) is 4.43. The zero-order valence-corrected chi connectivity index (χ0v) is 16.8. The number of carbonyl (C=O) groups excluding carboxylic acids is 1. The van der Waals surface area contributed by atoms with E-state index in [1.165, 1.54) is 44.7 Å². The summed E-state index contributed by atoms with van der Waals surface area (Å²) in [6, 6.07) is 10.9. The van der Waals surface area contributed by atoms with Crippen LogP contribution in [0.25, 0.3) is 10.2 Å². The predicted octanol–water partition coefficient (Wildman–Crippen LogP) is 3.31. The van der Waals surface area contributed by atoms with Gasteiger partial charge in [0.15, 0.2) is 0 Å². The van der Waals surface area contributed by atoms with E-state index in [-0.39, 0.29) is 18.6 Å². The Morgan fingerprint density at radius 2 is 1.79 bits per heavy atom. The molecule has 9 heteroatoms. The number of rotatable bonds is 6. The predicted molar refractivity (Wildman–Crippen MR) is 113 cm³/mol. The molecule has 0 aliphatic rings. The fraction of sp³-hybridized carbons (Fsp3) is 0.150. The molecule has 1 N–H and O–H groups in total. The normalized spacial score (nSPS) is 11.1. The van der Waals surface area contributed by atoms with Crippen molar-refractivity contribution in [2.75, 3.05) is 5.32 Å². The maximum atomic E-state index is 13.0. The third kappa shape index (κ3) is 4.06. The van der Waals surface area contributed by atoms with E-state index in [9.17, 15) is 18.8 Å². The van der Waals surface area contributed by atoms with Crippen molar-refractivity contribution in [1.29, 1.82) is 0 Å². The first-order valence-corrected chi connectivity index (χ1v) is 10.6. The van der Waals surface area contributed by atoms with Gasteiger partial charge < -0.3 is 5.32 Å². The van der Waals surface area contributed by atoms with E-state index in [1.54, 1.807) is 22.8 Å². The molecule has 0 radical (unpaired) electrons. The molecule has 4 rings (SSSR count). The number of hydrogen-bond acceptors (Lipinski definition) is 5. The monoisotopic (exact) mass is 429 g/mol. The quantitative estimate of drug-likeness (QED) is 0.511. The number of amides is 1. The highest BCUT2D eigenvalue weighted by molar-refractivity contribution is 7.17. The van der Waals surface area contributed by atoms with Crippen molar-refractivity contribution in [1.82, 2.24) is 9.13 Å². The summed E-state index contributed by atoms with van der Waals surface area (Å²) in [4.78, 5) is 39.3. The van der Waals surface area contributed by atoms with E-state index in [0.29, 0.717) is 22.3 Å². The molecule has 4 aromatic rings. The summed E-state index contributed by atoms with van der Waals surface area (Å²) in [6.45, 7) is -0.00563. The molecule has 0 fully saturated rings. The number of anilines is 1. The molecule has 3 aromatic heterocycles. The maximum absolute atomic E-state index is 13.0. The van der Waals surface area contributed by atoms with Crippen LogP contribution in [-0.4, -0.2) is 15.0 Å². The second-order valence-electron chi connectivity index (χ2n) is 6.34. The molecule has 148 valence electrons. The van der Waals surface area contributed by atoms with Crippen molar-refractivity contribution in [2.45, 2.75) is 19.5 Å². The smallest absolute Gasteiger partial charge is 0.325 e. The Morgan fingerprint density at radius 3 is 2.52 bits per heavy atom. The van der Waals surface area contributed by atoms with Crippen LogP contribution in [0.15, 0.2) is 62.8 Å². The fourth-order valence-corrected chi connectivity index (χ4v) is 4.58. The van der Waals surface area contributed by atoms with E-state index in [2.05, 4.69) is 5.32 Å². The van der Waals surface area contributed by atoms with Crippen molar-refractivity contribution >= 4 is 44.5 Å². The highest BCUT2D eigenvalue weighted by Crippen LogP contribution is 2.16. The van der Waals surface area contributed by atoms with Gasteiger partial charge in [-0.05, 0) is 53.6 Å². The van der Waals surface area contributed by atoms with Crippen molar-refractivity contribution in [2.24, 2.45) is 0 Å². The lowest BCUT2D eigenvalue weighted by atomic mass is 10.3. The lowest BCUT2D eigenvalue weighted by Crippen LogP contribution is -2.41. The molecule has 1 amide bonds. The largest absolute Gasteiger partial charge is 0.332 e. The molecule has 0 unspecified atom stereocenters. The standard InChI is InChI=1S/C20H16FN3O3S2/c21-13-3-5-14(6-4-13)22-17(25)12-24-16-8-11-29-18(16)19(26)23(20(24)27)9-7-15-2-1-10-28-15/h1-6,8,10-11H,7,9,12H2,(H,22,25). The number of nitrogens with zero attached hydrogens (tertiary/aromatic N) is 2. The SMILES string of the molecule is O=C(Cn1c(=O)n(CCc2cccs2)c(=O)c2sccc21)Nc1ccc(F)cc1. The number of aryl methyl sites for hydroxylation is 1. The van der Waals surface area contributed by atoms with E-state index in [0.717, 1.165) is 4.88 Å². The van der Waals surface area contributed by atoms with Gasteiger partial charge in [0.1, 0.15) is 17.1 Å². The number of nitrogens with one attached hydrogen (secondary N) is 1. The maximum Gasteiger partial charge on any atom is 0.332 e. The molecule has 0 atom stereocenters. The van der Waals surface area contributed by atoms with Gasteiger partial charge in [-0.2, -0.15) is 0 Å². The average molecular weight is 429 g/mol. The van der Waals surface area contributed by atoms with Gasteiger partial charge in [0, 0.05) is 17.1 Å². The molecule has 0 aliphatic carbocycles. The van der Waals surface area contributed by atoms with Crippen molar-refractivity contribution in [3.63, 3.8) is 0 Å². The number of hydrogen-bond donors (Lipinski definition) is 1. The van der Waals surface area contributed by atoms with Crippen LogP contribution in [-0.2, 0) is 24.3 Å². The summed E-state index contributed by atoms with van der Waals surface area (Å²) in [5.74, 6) is -0.841. The van der Waals surface area contributed by atoms with E-state index < -0.39 is 17.4 Å². The van der Waals surface area contributed by atoms with Crippen LogP contribution in [0, 0.1) is 5.82 Å². The molecule has 0 bridgehead atoms. The highest BCUT2D eigenvalue weighted by atomic mass is 32.1. The van der Waals surface area contributed by atoms with Gasteiger partial charge in [-0.1, -0.05) is 6.07 Å². The van der Waals surface area contributed by atoms with Crippen LogP contribution in [0.1, 0.15) is 4.88 Å². The molecule has 3 heterocycles. The summed E-state index contributed by atoms with van der Waals surface area (Å²) < 4.78 is 16.0. The van der Waals surface area contributed by atoms with Gasteiger partial charge in [-0.15, -0.1) is 22.7 Å². The Hall–Kier alpha value is -3.04. The minimum atomic E-state index is -0.522. The number of fused-ring (bicyclic) bond motifs is 1. The fourth-order valence-electron chi connectivity index (χ4n) is 3.04. The Bertz CT molecular complexity index is 1270. The number of carbonyl (C=O) groups is 1. The van der Waals surface area contributed by atoms with Gasteiger partial charge in [0.25, 0.3) is 5.56 Å². The Kier molecular flexibility index (Phi) is 5.41. The summed E-state index contributed by atoms with van der Waals surface area (Å²) in [6.07, 6.45) is 0.561. The Morgan fingerprint density at radius 1 is 1.00 bits per heavy atom. The molecular weight excluding hydrogens is 413 g/mol. The van der Waals surface area contributed by atoms with E-state index in [4.69, 9.17) is 0 Å². The molecular formula is C20H16FN3O3S2. The van der Waals surface area contributed by atoms with Crippen molar-refractivity contribution in [3.8, 4) is 0 Å². The summed E-state index contributed by atoms with van der Waals surface area (Å²) >= 11 is 2.81. The first-order chi connectivity index (χ1) is 14.0. The minimum Gasteiger partial charge on any atom is -0.325 e. The van der Waals surface area contributed by atoms with Crippen LogP contribution in [0.3, 0.4) is 0 Å². The Labute approximate surface area is 172 Å². The van der Waals surface area contributed by atoms with E-state index >= 15 is 0 Å². The van der Waals surface area contributed by atoms with Crippen LogP contribution >= 0.6 is 22.7 Å². The number of benzene rings is 1. The topological polar surface area (TPSA) is 73.1 Å². The molecule has 1 aromatic carbocycles. The lowest BCUT2D eigenvalue weighted by molar-refractivity contribution is -0.116. The average Bonchev–Trinajstić information content (AvgIpc) is 3.39. The summed E-state index contributed by atoms with van der Waals surface area (Å²) in [5, 5.41) is 6.31. The van der Waals surface area contributed by atoms with Gasteiger partial charge in [-0.25, -0.2) is 9.18 Å². The van der Waals surface area contributed by atoms with Crippen LogP contribution in [0.4, 0.5) is 10.1 Å². The molecule has 0 aliphatic heterocycles. The summed E-state index contributed by atoms with van der Waals surface area (Å²) in [7, 11) is 0. The second-order valence-corrected chi connectivity index (χ2v) is 8.29. The van der Waals surface area contributed by atoms with Crippen molar-refractivity contribution in [3.05, 3.63) is 84.8 Å². The first-order valence-electron chi connectivity index (χ1n) is 8.81. The Balaban J connectivity index is 1.65. The van der Waals surface area contributed by atoms with Gasteiger partial charge in [0.05, 0.1) is 5.52 Å². The zero-order valence-electron chi connectivity index (χ0n) is 15.1. The van der Waals surface area contributed by atoms with Gasteiger partial charge in [0.2, 0.25) is 5.91 Å². The van der Waals surface area contributed by atoms with Crippen LogP contribution in [0.5, 0.6) is 0 Å². The van der Waals surface area contributed by atoms with E-state index in [1.807, 2.05) is 17.5 Å². The molecule has 6 nitrogen and oxygen atoms in total. The summed E-state index contributed by atoms with van der Waals surface area (Å²) in [5.41, 5.74) is 0.00196.